The number of fused-ring (bicyclic) bond motifs is 3. The SMILES string of the molecule is CCNCCN(C)C(=O)c1sc2c(c1OC)c(=O)n(Cc1ccc(OC)cc1)c1ccccc21. The summed E-state index contributed by atoms with van der Waals surface area (Å²) in [5.41, 5.74) is 1.62. The molecule has 0 spiro atoms. The smallest absolute Gasteiger partial charge is 0.267 e. The largest absolute Gasteiger partial charge is 0.497 e. The Morgan fingerprint density at radius 2 is 1.82 bits per heavy atom. The van der Waals surface area contributed by atoms with Crippen LogP contribution in [-0.2, 0) is 6.54 Å². The van der Waals surface area contributed by atoms with Crippen molar-refractivity contribution < 1.29 is 14.3 Å². The number of nitrogens with one attached hydrogen (secondary N) is 1. The first-order valence-electron chi connectivity index (χ1n) is 11.2. The lowest BCUT2D eigenvalue weighted by atomic mass is 10.1. The maximum Gasteiger partial charge on any atom is 0.267 e. The van der Waals surface area contributed by atoms with E-state index in [-0.39, 0.29) is 11.5 Å². The first-order valence-corrected chi connectivity index (χ1v) is 12.0. The Morgan fingerprint density at radius 1 is 1.09 bits per heavy atom. The van der Waals surface area contributed by atoms with Crippen LogP contribution in [0.1, 0.15) is 22.2 Å². The molecule has 0 saturated carbocycles. The van der Waals surface area contributed by atoms with Gasteiger partial charge < -0.3 is 24.3 Å². The molecule has 0 aliphatic heterocycles. The quantitative estimate of drug-likeness (QED) is 0.368. The van der Waals surface area contributed by atoms with Gasteiger partial charge in [-0.05, 0) is 30.3 Å². The van der Waals surface area contributed by atoms with Gasteiger partial charge >= 0.3 is 0 Å². The van der Waals surface area contributed by atoms with Crippen molar-refractivity contribution in [2.24, 2.45) is 0 Å². The van der Waals surface area contributed by atoms with Gasteiger partial charge in [0.1, 0.15) is 16.0 Å². The van der Waals surface area contributed by atoms with Crippen LogP contribution in [0.25, 0.3) is 21.0 Å². The van der Waals surface area contributed by atoms with Gasteiger partial charge in [-0.15, -0.1) is 11.3 Å². The molecule has 0 aliphatic rings. The van der Waals surface area contributed by atoms with Gasteiger partial charge in [0.15, 0.2) is 5.75 Å². The highest BCUT2D eigenvalue weighted by atomic mass is 32.1. The zero-order chi connectivity index (χ0) is 24.2. The molecule has 0 atom stereocenters. The number of carbonyl (C=O) groups excluding carboxylic acids is 1. The summed E-state index contributed by atoms with van der Waals surface area (Å²) in [5.74, 6) is 0.956. The number of ether oxygens (including phenoxy) is 2. The molecule has 0 bridgehead atoms. The van der Waals surface area contributed by atoms with Gasteiger partial charge in [0.05, 0.1) is 31.0 Å². The molecule has 2 aromatic carbocycles. The van der Waals surface area contributed by atoms with E-state index < -0.39 is 0 Å². The number of carbonyl (C=O) groups is 1. The molecule has 1 N–H and O–H groups in total. The van der Waals surface area contributed by atoms with Crippen LogP contribution < -0.4 is 20.3 Å². The fraction of sp³-hybridized carbons (Fsp3) is 0.308. The molecule has 2 aromatic heterocycles. The van der Waals surface area contributed by atoms with Crippen LogP contribution in [0.15, 0.2) is 53.3 Å². The Balaban J connectivity index is 1.87. The van der Waals surface area contributed by atoms with Crippen LogP contribution in [-0.4, -0.2) is 56.3 Å². The van der Waals surface area contributed by atoms with Gasteiger partial charge in [0.2, 0.25) is 0 Å². The average molecular weight is 480 g/mol. The first kappa shape index (κ1) is 23.8. The summed E-state index contributed by atoms with van der Waals surface area (Å²) in [6.07, 6.45) is 0. The molecule has 2 heterocycles. The highest BCUT2D eigenvalue weighted by Gasteiger charge is 2.26. The molecule has 1 amide bonds. The zero-order valence-corrected chi connectivity index (χ0v) is 20.7. The third kappa shape index (κ3) is 4.38. The number of rotatable bonds is 9. The van der Waals surface area contributed by atoms with E-state index in [1.165, 1.54) is 18.4 Å². The topological polar surface area (TPSA) is 72.8 Å². The number of hydrogen-bond donors (Lipinski definition) is 1. The molecule has 34 heavy (non-hydrogen) atoms. The number of hydrogen-bond acceptors (Lipinski definition) is 6. The summed E-state index contributed by atoms with van der Waals surface area (Å²) in [6, 6.07) is 15.5. The number of pyridine rings is 1. The molecular weight excluding hydrogens is 450 g/mol. The standard InChI is InChI=1S/C26H29N3O4S/c1-5-27-14-15-28(2)26(31)24-22(33-4)21-23(34-24)19-8-6-7-9-20(19)29(25(21)30)16-17-10-12-18(32-3)13-11-17/h6-13,27H,5,14-16H2,1-4H3. The van der Waals surface area contributed by atoms with Crippen LogP contribution in [0.2, 0.25) is 0 Å². The number of benzene rings is 2. The van der Waals surface area contributed by atoms with Crippen molar-refractivity contribution in [2.75, 3.05) is 40.9 Å². The van der Waals surface area contributed by atoms with E-state index >= 15 is 0 Å². The van der Waals surface area contributed by atoms with Gasteiger partial charge in [-0.1, -0.05) is 37.3 Å². The van der Waals surface area contributed by atoms with Crippen molar-refractivity contribution in [1.29, 1.82) is 0 Å². The number of aromatic nitrogens is 1. The summed E-state index contributed by atoms with van der Waals surface area (Å²) in [5, 5.41) is 4.60. The van der Waals surface area contributed by atoms with E-state index in [0.717, 1.165) is 33.5 Å². The van der Waals surface area contributed by atoms with Crippen molar-refractivity contribution >= 4 is 38.2 Å². The van der Waals surface area contributed by atoms with Crippen LogP contribution in [0.5, 0.6) is 11.5 Å². The molecule has 178 valence electrons. The Morgan fingerprint density at radius 3 is 2.50 bits per heavy atom. The number of thiophene rings is 1. The van der Waals surface area contributed by atoms with Gasteiger partial charge in [-0.25, -0.2) is 0 Å². The Labute approximate surface area is 202 Å². The molecule has 4 rings (SSSR count). The molecule has 7 nitrogen and oxygen atoms in total. The van der Waals surface area contributed by atoms with E-state index in [9.17, 15) is 9.59 Å². The molecule has 0 fully saturated rings. The van der Waals surface area contributed by atoms with Gasteiger partial charge in [-0.2, -0.15) is 0 Å². The molecular formula is C26H29N3O4S. The minimum atomic E-state index is -0.174. The second-order valence-corrected chi connectivity index (χ2v) is 9.03. The lowest BCUT2D eigenvalue weighted by molar-refractivity contribution is 0.0798. The normalized spacial score (nSPS) is 11.2. The van der Waals surface area contributed by atoms with Crippen molar-refractivity contribution in [3.63, 3.8) is 0 Å². The van der Waals surface area contributed by atoms with E-state index in [1.807, 2.05) is 55.5 Å². The monoisotopic (exact) mass is 479 g/mol. The summed E-state index contributed by atoms with van der Waals surface area (Å²) >= 11 is 1.32. The number of likely N-dealkylation sites (N-methyl/N-ethyl adjacent to an activating group) is 2. The number of nitrogens with zero attached hydrogens (tertiary/aromatic N) is 2. The second kappa shape index (κ2) is 10.3. The predicted octanol–water partition coefficient (Wildman–Crippen LogP) is 3.96. The van der Waals surface area contributed by atoms with E-state index in [0.29, 0.717) is 35.6 Å². The lowest BCUT2D eigenvalue weighted by Crippen LogP contribution is -2.33. The highest BCUT2D eigenvalue weighted by Crippen LogP contribution is 2.40. The predicted molar refractivity (Wildman–Crippen MR) is 138 cm³/mol. The lowest BCUT2D eigenvalue weighted by Gasteiger charge is -2.17. The summed E-state index contributed by atoms with van der Waals surface area (Å²) in [6.45, 7) is 4.52. The molecule has 8 heteroatoms. The number of amides is 1. The maximum atomic E-state index is 13.8. The number of para-hydroxylation sites is 1. The second-order valence-electron chi connectivity index (χ2n) is 8.01. The van der Waals surface area contributed by atoms with Crippen LogP contribution >= 0.6 is 11.3 Å². The van der Waals surface area contributed by atoms with Gasteiger partial charge in [0, 0.05) is 25.5 Å². The zero-order valence-electron chi connectivity index (χ0n) is 19.9. The molecule has 0 aliphatic carbocycles. The van der Waals surface area contributed by atoms with Crippen molar-refractivity contribution in [2.45, 2.75) is 13.5 Å². The summed E-state index contributed by atoms with van der Waals surface area (Å²) in [4.78, 5) is 29.2. The Kier molecular flexibility index (Phi) is 7.19. The average Bonchev–Trinajstić information content (AvgIpc) is 3.26. The summed E-state index contributed by atoms with van der Waals surface area (Å²) in [7, 11) is 4.91. The number of methoxy groups -OCH3 is 2. The Hall–Kier alpha value is -3.36. The summed E-state index contributed by atoms with van der Waals surface area (Å²) < 4.78 is 13.4. The van der Waals surface area contributed by atoms with Crippen LogP contribution in [0, 0.1) is 0 Å². The fourth-order valence-corrected chi connectivity index (χ4v) is 5.34. The molecule has 0 saturated heterocycles. The third-order valence-corrected chi connectivity index (χ3v) is 7.07. The molecule has 0 radical (unpaired) electrons. The first-order chi connectivity index (χ1) is 16.5. The van der Waals surface area contributed by atoms with Crippen molar-refractivity contribution in [3.05, 3.63) is 69.3 Å². The molecule has 0 unspecified atom stereocenters. The minimum absolute atomic E-state index is 0.152. The fourth-order valence-electron chi connectivity index (χ4n) is 4.05. The minimum Gasteiger partial charge on any atom is -0.497 e. The highest BCUT2D eigenvalue weighted by molar-refractivity contribution is 7.22. The molecule has 4 aromatic rings. The van der Waals surface area contributed by atoms with Crippen molar-refractivity contribution in [3.8, 4) is 11.5 Å². The van der Waals surface area contributed by atoms with Crippen molar-refractivity contribution in [1.82, 2.24) is 14.8 Å². The van der Waals surface area contributed by atoms with E-state index in [1.54, 1.807) is 23.6 Å². The Bertz CT molecular complexity index is 1380. The third-order valence-electron chi connectivity index (χ3n) is 5.88. The van der Waals surface area contributed by atoms with Gasteiger partial charge in [-0.3, -0.25) is 9.59 Å². The van der Waals surface area contributed by atoms with Crippen LogP contribution in [0.4, 0.5) is 0 Å². The van der Waals surface area contributed by atoms with Gasteiger partial charge in [0.25, 0.3) is 11.5 Å². The van der Waals surface area contributed by atoms with E-state index in [2.05, 4.69) is 5.32 Å². The van der Waals surface area contributed by atoms with E-state index in [4.69, 9.17) is 9.47 Å². The van der Waals surface area contributed by atoms with Crippen LogP contribution in [0.3, 0.4) is 0 Å². The maximum absolute atomic E-state index is 13.8.